The average Bonchev–Trinajstić information content (AvgIpc) is 3.46. The van der Waals surface area contributed by atoms with Crippen LogP contribution in [0.1, 0.15) is 45.1 Å². The van der Waals surface area contributed by atoms with Gasteiger partial charge >= 0.3 is 5.97 Å². The van der Waals surface area contributed by atoms with Gasteiger partial charge in [-0.05, 0) is 28.3 Å². The normalized spacial score (nSPS) is 12.5. The van der Waals surface area contributed by atoms with Crippen LogP contribution < -0.4 is 5.32 Å². The van der Waals surface area contributed by atoms with Crippen LogP contribution in [0.3, 0.4) is 0 Å². The summed E-state index contributed by atoms with van der Waals surface area (Å²) < 4.78 is 0. The number of unbranched alkanes of at least 4 members (excludes halogenated alkanes) is 2. The highest BCUT2D eigenvalue weighted by Crippen LogP contribution is 2.30. The molecule has 202 valence electrons. The highest BCUT2D eigenvalue weighted by atomic mass is 32.1. The number of tetrazole rings is 1. The lowest BCUT2D eigenvalue weighted by Gasteiger charge is -2.28. The molecule has 3 rings (SSSR count). The van der Waals surface area contributed by atoms with E-state index >= 15 is 0 Å². The van der Waals surface area contributed by atoms with E-state index in [1.54, 1.807) is 11.8 Å². The Kier molecular flexibility index (Phi) is 10.8. The molecule has 3 aromatic rings. The molecule has 1 unspecified atom stereocenters. The molecule has 0 aliphatic rings. The van der Waals surface area contributed by atoms with Crippen molar-refractivity contribution in [1.82, 2.24) is 30.8 Å². The summed E-state index contributed by atoms with van der Waals surface area (Å²) >= 11 is 4.14. The predicted molar refractivity (Wildman–Crippen MR) is 147 cm³/mol. The van der Waals surface area contributed by atoms with Crippen LogP contribution in [0, 0.1) is 5.92 Å². The Balaban J connectivity index is 1.82. The summed E-state index contributed by atoms with van der Waals surface area (Å²) in [7, 11) is 0. The molecule has 0 aliphatic heterocycles. The van der Waals surface area contributed by atoms with Crippen LogP contribution in [-0.2, 0) is 20.9 Å². The summed E-state index contributed by atoms with van der Waals surface area (Å²) in [5, 5.41) is 26.3. The minimum absolute atomic E-state index is 0.294. The summed E-state index contributed by atoms with van der Waals surface area (Å²) in [6.07, 6.45) is 2.20. The van der Waals surface area contributed by atoms with Crippen molar-refractivity contribution in [2.24, 2.45) is 5.92 Å². The standard InChI is InChI=1S/C27H34N6O4S/c1-3-4-7-14-33(27(37)23(15-24(34)35)28-26(36)18(2)17-38)16-19-10-12-20(13-11-19)21-8-5-6-9-22(21)25-29-31-32-30-25/h5-6,8-13,18,23,38H,3-4,7,14-17H2,1-2H3,(H,28,36)(H,34,35)(H,29,30,31,32)/t18-,23?/m1/s1. The molecular formula is C27H34N6O4S. The maximum atomic E-state index is 13.5. The zero-order valence-electron chi connectivity index (χ0n) is 21.6. The van der Waals surface area contributed by atoms with Crippen LogP contribution in [0.15, 0.2) is 48.5 Å². The lowest BCUT2D eigenvalue weighted by molar-refractivity contribution is -0.144. The van der Waals surface area contributed by atoms with Crippen molar-refractivity contribution in [3.05, 3.63) is 54.1 Å². The zero-order valence-corrected chi connectivity index (χ0v) is 22.5. The first-order valence-electron chi connectivity index (χ1n) is 12.7. The molecule has 0 radical (unpaired) electrons. The Morgan fingerprint density at radius 2 is 1.79 bits per heavy atom. The summed E-state index contributed by atoms with van der Waals surface area (Å²) in [6, 6.07) is 14.4. The molecule has 2 amide bonds. The van der Waals surface area contributed by atoms with Crippen molar-refractivity contribution in [3.63, 3.8) is 0 Å². The number of hydrogen-bond donors (Lipinski definition) is 4. The van der Waals surface area contributed by atoms with Crippen molar-refractivity contribution in [2.75, 3.05) is 12.3 Å². The van der Waals surface area contributed by atoms with Crippen molar-refractivity contribution < 1.29 is 19.5 Å². The van der Waals surface area contributed by atoms with E-state index in [1.807, 2.05) is 48.5 Å². The summed E-state index contributed by atoms with van der Waals surface area (Å²) in [4.78, 5) is 39.1. The third kappa shape index (κ3) is 7.88. The highest BCUT2D eigenvalue weighted by molar-refractivity contribution is 7.80. The second-order valence-electron chi connectivity index (χ2n) is 9.19. The fourth-order valence-electron chi connectivity index (χ4n) is 4.03. The first-order valence-corrected chi connectivity index (χ1v) is 13.3. The maximum absolute atomic E-state index is 13.5. The van der Waals surface area contributed by atoms with E-state index in [9.17, 15) is 19.5 Å². The Labute approximate surface area is 227 Å². The average molecular weight is 539 g/mol. The van der Waals surface area contributed by atoms with E-state index < -0.39 is 36.2 Å². The van der Waals surface area contributed by atoms with E-state index in [1.165, 1.54) is 0 Å². The fraction of sp³-hybridized carbons (Fsp3) is 0.407. The Hall–Kier alpha value is -3.73. The second kappa shape index (κ2) is 14.3. The largest absolute Gasteiger partial charge is 0.481 e. The molecule has 1 heterocycles. The molecule has 0 aliphatic carbocycles. The highest BCUT2D eigenvalue weighted by Gasteiger charge is 2.29. The van der Waals surface area contributed by atoms with Gasteiger partial charge in [-0.2, -0.15) is 17.8 Å². The summed E-state index contributed by atoms with van der Waals surface area (Å²) in [5.74, 6) is -1.61. The molecule has 0 fully saturated rings. The van der Waals surface area contributed by atoms with Gasteiger partial charge in [-0.1, -0.05) is 75.2 Å². The number of aliphatic carboxylic acids is 1. The van der Waals surface area contributed by atoms with E-state index in [4.69, 9.17) is 0 Å². The number of carboxylic acids is 1. The van der Waals surface area contributed by atoms with Crippen LogP contribution in [0.25, 0.3) is 22.5 Å². The van der Waals surface area contributed by atoms with E-state index in [2.05, 4.69) is 45.5 Å². The van der Waals surface area contributed by atoms with Crippen molar-refractivity contribution >= 4 is 30.4 Å². The smallest absolute Gasteiger partial charge is 0.305 e. The molecule has 0 saturated carbocycles. The third-order valence-corrected chi connectivity index (χ3v) is 6.76. The number of amides is 2. The van der Waals surface area contributed by atoms with Crippen molar-refractivity contribution in [1.29, 1.82) is 0 Å². The molecule has 1 aromatic heterocycles. The molecule has 3 N–H and O–H groups in total. The number of aromatic nitrogens is 4. The first kappa shape index (κ1) is 28.8. The van der Waals surface area contributed by atoms with Gasteiger partial charge < -0.3 is 15.3 Å². The van der Waals surface area contributed by atoms with Crippen molar-refractivity contribution in [3.8, 4) is 22.5 Å². The second-order valence-corrected chi connectivity index (χ2v) is 9.55. The van der Waals surface area contributed by atoms with Gasteiger partial charge in [0.15, 0.2) is 0 Å². The van der Waals surface area contributed by atoms with Gasteiger partial charge in [0.2, 0.25) is 17.6 Å². The topological polar surface area (TPSA) is 141 Å². The lowest BCUT2D eigenvalue weighted by Crippen LogP contribution is -2.50. The number of nitrogens with zero attached hydrogens (tertiary/aromatic N) is 4. The van der Waals surface area contributed by atoms with Gasteiger partial charge in [-0.25, -0.2) is 0 Å². The number of aromatic amines is 1. The first-order chi connectivity index (χ1) is 18.3. The van der Waals surface area contributed by atoms with Crippen LogP contribution >= 0.6 is 12.6 Å². The number of hydrogen-bond acceptors (Lipinski definition) is 7. The minimum Gasteiger partial charge on any atom is -0.481 e. The molecule has 10 nitrogen and oxygen atoms in total. The molecule has 0 bridgehead atoms. The van der Waals surface area contributed by atoms with E-state index in [-0.39, 0.29) is 0 Å². The van der Waals surface area contributed by atoms with Gasteiger partial charge in [0.05, 0.1) is 6.42 Å². The van der Waals surface area contributed by atoms with Gasteiger partial charge in [-0.3, -0.25) is 14.4 Å². The molecule has 2 aromatic carbocycles. The minimum atomic E-state index is -1.15. The molecule has 38 heavy (non-hydrogen) atoms. The Morgan fingerprint density at radius 1 is 1.08 bits per heavy atom. The number of nitrogens with one attached hydrogen (secondary N) is 2. The molecule has 2 atom stereocenters. The quantitative estimate of drug-likeness (QED) is 0.182. The Bertz CT molecular complexity index is 1200. The van der Waals surface area contributed by atoms with Crippen LogP contribution in [0.2, 0.25) is 0 Å². The molecule has 11 heteroatoms. The molecule has 0 spiro atoms. The summed E-state index contributed by atoms with van der Waals surface area (Å²) in [6.45, 7) is 4.51. The number of rotatable bonds is 14. The molecular weight excluding hydrogens is 504 g/mol. The van der Waals surface area contributed by atoms with Gasteiger partial charge in [0.25, 0.3) is 0 Å². The van der Waals surface area contributed by atoms with Gasteiger partial charge in [-0.15, -0.1) is 10.2 Å². The predicted octanol–water partition coefficient (Wildman–Crippen LogP) is 3.58. The summed E-state index contributed by atoms with van der Waals surface area (Å²) in [5.41, 5.74) is 3.63. The lowest BCUT2D eigenvalue weighted by atomic mass is 9.98. The van der Waals surface area contributed by atoms with Gasteiger partial charge in [0, 0.05) is 30.3 Å². The number of H-pyrrole nitrogens is 1. The number of carboxylic acid groups (broad SMARTS) is 1. The molecule has 0 saturated heterocycles. The zero-order chi connectivity index (χ0) is 27.5. The van der Waals surface area contributed by atoms with Crippen LogP contribution in [0.4, 0.5) is 0 Å². The van der Waals surface area contributed by atoms with E-state index in [0.29, 0.717) is 24.7 Å². The Morgan fingerprint density at radius 3 is 2.39 bits per heavy atom. The van der Waals surface area contributed by atoms with Gasteiger partial charge in [0.1, 0.15) is 6.04 Å². The number of carbonyl (C=O) groups is 3. The monoisotopic (exact) mass is 538 g/mol. The fourth-order valence-corrected chi connectivity index (χ4v) is 4.19. The van der Waals surface area contributed by atoms with E-state index in [0.717, 1.165) is 41.5 Å². The SMILES string of the molecule is CCCCCN(Cc1ccc(-c2ccccc2-c2nn[nH]n2)cc1)C(=O)C(CC(=O)O)NC(=O)[C@H](C)CS. The van der Waals surface area contributed by atoms with Crippen molar-refractivity contribution in [2.45, 2.75) is 52.1 Å². The number of thiol groups is 1. The third-order valence-electron chi connectivity index (χ3n) is 6.21. The van der Waals surface area contributed by atoms with Crippen LogP contribution in [0.5, 0.6) is 0 Å². The number of benzene rings is 2. The maximum Gasteiger partial charge on any atom is 0.305 e. The number of carbonyl (C=O) groups excluding carboxylic acids is 2. The van der Waals surface area contributed by atoms with Crippen LogP contribution in [-0.4, -0.2) is 66.8 Å².